The monoisotopic (exact) mass is 267 g/mol. The van der Waals surface area contributed by atoms with E-state index in [4.69, 9.17) is 0 Å². The van der Waals surface area contributed by atoms with Crippen molar-refractivity contribution < 1.29 is 4.79 Å². The normalized spacial score (nSPS) is 24.5. The lowest BCUT2D eigenvalue weighted by Crippen LogP contribution is -2.47. The Labute approximate surface area is 117 Å². The molecule has 1 saturated carbocycles. The molecule has 0 aromatic heterocycles. The minimum atomic E-state index is -0.0553. The van der Waals surface area contributed by atoms with Crippen LogP contribution in [0.15, 0.2) is 0 Å². The van der Waals surface area contributed by atoms with E-state index in [1.807, 2.05) is 6.92 Å². The van der Waals surface area contributed by atoms with E-state index in [0.29, 0.717) is 6.04 Å². The molecule has 1 saturated heterocycles. The Morgan fingerprint density at radius 2 is 1.84 bits per heavy atom. The first-order chi connectivity index (χ1) is 9.15. The van der Waals surface area contributed by atoms with Gasteiger partial charge < -0.3 is 15.5 Å². The first-order valence-electron chi connectivity index (χ1n) is 7.87. The lowest BCUT2D eigenvalue weighted by molar-refractivity contribution is -0.123. The van der Waals surface area contributed by atoms with Crippen molar-refractivity contribution >= 4 is 5.91 Å². The summed E-state index contributed by atoms with van der Waals surface area (Å²) in [6, 6.07) is 0.375. The molecular weight excluding hydrogens is 238 g/mol. The number of rotatable bonds is 5. The average Bonchev–Trinajstić information content (AvgIpc) is 2.90. The summed E-state index contributed by atoms with van der Waals surface area (Å²) in [4.78, 5) is 14.4. The van der Waals surface area contributed by atoms with Crippen LogP contribution >= 0.6 is 0 Å². The van der Waals surface area contributed by atoms with Crippen LogP contribution in [0.3, 0.4) is 0 Å². The lowest BCUT2D eigenvalue weighted by Gasteiger charge is -2.30. The van der Waals surface area contributed by atoms with Gasteiger partial charge in [-0.3, -0.25) is 4.79 Å². The van der Waals surface area contributed by atoms with E-state index >= 15 is 0 Å². The summed E-state index contributed by atoms with van der Waals surface area (Å²) in [7, 11) is 2.18. The number of amides is 1. The van der Waals surface area contributed by atoms with Gasteiger partial charge in [0.05, 0.1) is 6.04 Å². The van der Waals surface area contributed by atoms with Gasteiger partial charge in [-0.25, -0.2) is 0 Å². The maximum Gasteiger partial charge on any atom is 0.237 e. The van der Waals surface area contributed by atoms with Crippen LogP contribution in [0.1, 0.15) is 45.4 Å². The molecule has 1 amide bonds. The molecule has 110 valence electrons. The smallest absolute Gasteiger partial charge is 0.237 e. The number of hydrogen-bond donors (Lipinski definition) is 2. The van der Waals surface area contributed by atoms with Crippen LogP contribution in [-0.2, 0) is 4.79 Å². The first-order valence-corrected chi connectivity index (χ1v) is 7.87. The Morgan fingerprint density at radius 1 is 1.21 bits per heavy atom. The van der Waals surface area contributed by atoms with E-state index in [0.717, 1.165) is 25.3 Å². The molecule has 0 radical (unpaired) electrons. The maximum atomic E-state index is 12.0. The minimum absolute atomic E-state index is 0.0553. The summed E-state index contributed by atoms with van der Waals surface area (Å²) < 4.78 is 0. The van der Waals surface area contributed by atoms with Crippen molar-refractivity contribution in [2.24, 2.45) is 5.92 Å². The number of nitrogens with zero attached hydrogens (tertiary/aromatic N) is 1. The SMILES string of the molecule is CC(NCC1CCN(C)CC1)C(=O)NC1CCCC1. The molecule has 2 aliphatic rings. The minimum Gasteiger partial charge on any atom is -0.352 e. The molecule has 0 aromatic carbocycles. The van der Waals surface area contributed by atoms with Crippen molar-refractivity contribution in [3.63, 3.8) is 0 Å². The van der Waals surface area contributed by atoms with Gasteiger partial charge in [-0.1, -0.05) is 12.8 Å². The zero-order valence-corrected chi connectivity index (χ0v) is 12.5. The number of carbonyl (C=O) groups is 1. The molecule has 1 aliphatic carbocycles. The molecule has 1 atom stereocenters. The summed E-state index contributed by atoms with van der Waals surface area (Å²) in [5.41, 5.74) is 0. The molecule has 4 heteroatoms. The average molecular weight is 267 g/mol. The van der Waals surface area contributed by atoms with Gasteiger partial charge >= 0.3 is 0 Å². The molecule has 1 heterocycles. The van der Waals surface area contributed by atoms with Crippen LogP contribution < -0.4 is 10.6 Å². The molecule has 0 aromatic rings. The highest BCUT2D eigenvalue weighted by atomic mass is 16.2. The van der Waals surface area contributed by atoms with Crippen molar-refractivity contribution in [3.8, 4) is 0 Å². The predicted octanol–water partition coefficient (Wildman–Crippen LogP) is 1.37. The van der Waals surface area contributed by atoms with E-state index in [1.54, 1.807) is 0 Å². The van der Waals surface area contributed by atoms with Crippen molar-refractivity contribution in [1.29, 1.82) is 0 Å². The Balaban J connectivity index is 1.62. The topological polar surface area (TPSA) is 44.4 Å². The van der Waals surface area contributed by atoms with Gasteiger partial charge in [0.2, 0.25) is 5.91 Å². The number of hydrogen-bond acceptors (Lipinski definition) is 3. The van der Waals surface area contributed by atoms with Gasteiger partial charge in [-0.15, -0.1) is 0 Å². The fourth-order valence-corrected chi connectivity index (χ4v) is 3.10. The van der Waals surface area contributed by atoms with Crippen LogP contribution in [-0.4, -0.2) is 49.6 Å². The van der Waals surface area contributed by atoms with Crippen molar-refractivity contribution in [2.45, 2.75) is 57.5 Å². The van der Waals surface area contributed by atoms with E-state index in [1.165, 1.54) is 38.8 Å². The highest BCUT2D eigenvalue weighted by Crippen LogP contribution is 2.18. The zero-order valence-electron chi connectivity index (χ0n) is 12.5. The molecule has 2 rings (SSSR count). The lowest BCUT2D eigenvalue weighted by atomic mass is 9.97. The second kappa shape index (κ2) is 7.25. The van der Waals surface area contributed by atoms with Gasteiger partial charge in [0.15, 0.2) is 0 Å². The fraction of sp³-hybridized carbons (Fsp3) is 0.933. The highest BCUT2D eigenvalue weighted by Gasteiger charge is 2.22. The van der Waals surface area contributed by atoms with E-state index < -0.39 is 0 Å². The molecule has 1 aliphatic heterocycles. The van der Waals surface area contributed by atoms with Crippen molar-refractivity contribution in [1.82, 2.24) is 15.5 Å². The van der Waals surface area contributed by atoms with Crippen LogP contribution in [0, 0.1) is 5.92 Å². The Hall–Kier alpha value is -0.610. The summed E-state index contributed by atoms with van der Waals surface area (Å²) in [6.45, 7) is 5.34. The summed E-state index contributed by atoms with van der Waals surface area (Å²) >= 11 is 0. The molecule has 1 unspecified atom stereocenters. The van der Waals surface area contributed by atoms with E-state index in [-0.39, 0.29) is 11.9 Å². The molecule has 2 N–H and O–H groups in total. The Morgan fingerprint density at radius 3 is 2.47 bits per heavy atom. The third-order valence-electron chi connectivity index (χ3n) is 4.65. The van der Waals surface area contributed by atoms with E-state index in [2.05, 4.69) is 22.6 Å². The number of nitrogens with one attached hydrogen (secondary N) is 2. The Kier molecular flexibility index (Phi) is 5.64. The zero-order chi connectivity index (χ0) is 13.7. The molecular formula is C15H29N3O. The number of likely N-dealkylation sites (tertiary alicyclic amines) is 1. The quantitative estimate of drug-likeness (QED) is 0.790. The highest BCUT2D eigenvalue weighted by molar-refractivity contribution is 5.81. The predicted molar refractivity (Wildman–Crippen MR) is 78.1 cm³/mol. The summed E-state index contributed by atoms with van der Waals surface area (Å²) in [6.07, 6.45) is 7.35. The third kappa shape index (κ3) is 4.77. The van der Waals surface area contributed by atoms with Gasteiger partial charge in [0.25, 0.3) is 0 Å². The largest absolute Gasteiger partial charge is 0.352 e. The van der Waals surface area contributed by atoms with Crippen LogP contribution in [0.5, 0.6) is 0 Å². The fourth-order valence-electron chi connectivity index (χ4n) is 3.10. The van der Waals surface area contributed by atoms with Crippen LogP contribution in [0.25, 0.3) is 0 Å². The van der Waals surface area contributed by atoms with Gasteiger partial charge in [0.1, 0.15) is 0 Å². The van der Waals surface area contributed by atoms with Gasteiger partial charge in [-0.05, 0) is 65.2 Å². The molecule has 19 heavy (non-hydrogen) atoms. The third-order valence-corrected chi connectivity index (χ3v) is 4.65. The maximum absolute atomic E-state index is 12.0. The second-order valence-corrected chi connectivity index (χ2v) is 6.37. The second-order valence-electron chi connectivity index (χ2n) is 6.37. The van der Waals surface area contributed by atoms with Crippen LogP contribution in [0.4, 0.5) is 0 Å². The van der Waals surface area contributed by atoms with Gasteiger partial charge in [-0.2, -0.15) is 0 Å². The number of carbonyl (C=O) groups excluding carboxylic acids is 1. The number of piperidine rings is 1. The molecule has 4 nitrogen and oxygen atoms in total. The van der Waals surface area contributed by atoms with Gasteiger partial charge in [0, 0.05) is 6.04 Å². The van der Waals surface area contributed by atoms with Crippen LogP contribution in [0.2, 0.25) is 0 Å². The van der Waals surface area contributed by atoms with Crippen molar-refractivity contribution in [2.75, 3.05) is 26.7 Å². The van der Waals surface area contributed by atoms with E-state index in [9.17, 15) is 4.79 Å². The summed E-state index contributed by atoms with van der Waals surface area (Å²) in [5.74, 6) is 0.915. The summed E-state index contributed by atoms with van der Waals surface area (Å²) in [5, 5.41) is 6.57. The molecule has 0 spiro atoms. The van der Waals surface area contributed by atoms with Crippen molar-refractivity contribution in [3.05, 3.63) is 0 Å². The Bertz CT molecular complexity index is 281. The molecule has 0 bridgehead atoms. The molecule has 2 fully saturated rings. The standard InChI is InChI=1S/C15H29N3O/c1-12(15(19)17-14-5-3-4-6-14)16-11-13-7-9-18(2)10-8-13/h12-14,16H,3-11H2,1-2H3,(H,17,19). The first kappa shape index (κ1) is 14.8.